The van der Waals surface area contributed by atoms with E-state index >= 15 is 0 Å². The lowest BCUT2D eigenvalue weighted by Crippen LogP contribution is -2.00. The molecule has 2 rings (SSSR count). The van der Waals surface area contributed by atoms with E-state index in [1.165, 1.54) is 0 Å². The highest BCUT2D eigenvalue weighted by Gasteiger charge is 2.10. The molecule has 6 heteroatoms. The van der Waals surface area contributed by atoms with Crippen molar-refractivity contribution in [3.05, 3.63) is 29.4 Å². The van der Waals surface area contributed by atoms with Crippen LogP contribution in [0, 0.1) is 6.92 Å². The molecule has 0 saturated heterocycles. The zero-order chi connectivity index (χ0) is 11.5. The molecule has 0 aliphatic carbocycles. The van der Waals surface area contributed by atoms with Gasteiger partial charge in [-0.1, -0.05) is 17.3 Å². The van der Waals surface area contributed by atoms with Crippen molar-refractivity contribution >= 4 is 11.6 Å². The van der Waals surface area contributed by atoms with Crippen molar-refractivity contribution in [2.24, 2.45) is 0 Å². The molecule has 0 aliphatic rings. The number of aryl methyl sites for hydroxylation is 1. The predicted molar refractivity (Wildman–Crippen MR) is 59.2 cm³/mol. The van der Waals surface area contributed by atoms with Crippen LogP contribution in [-0.4, -0.2) is 20.2 Å². The third-order valence-corrected chi connectivity index (χ3v) is 2.77. The van der Waals surface area contributed by atoms with Crippen LogP contribution < -0.4 is 0 Å². The fraction of sp³-hybridized carbons (Fsp3) is 0.500. The molecule has 0 spiro atoms. The smallest absolute Gasteiger partial charge is 0.133 e. The number of hydrogen-bond acceptors (Lipinski definition) is 4. The summed E-state index contributed by atoms with van der Waals surface area (Å²) in [6, 6.07) is 1.87. The molecule has 2 heterocycles. The molecule has 0 aromatic carbocycles. The van der Waals surface area contributed by atoms with Crippen LogP contribution in [0.4, 0.5) is 0 Å². The van der Waals surface area contributed by atoms with Gasteiger partial charge >= 0.3 is 0 Å². The van der Waals surface area contributed by atoms with Crippen molar-refractivity contribution in [1.29, 1.82) is 0 Å². The van der Waals surface area contributed by atoms with Crippen molar-refractivity contribution in [3.63, 3.8) is 0 Å². The van der Waals surface area contributed by atoms with E-state index in [2.05, 4.69) is 15.5 Å². The number of rotatable bonds is 4. The highest BCUT2D eigenvalue weighted by Crippen LogP contribution is 2.20. The molecule has 0 radical (unpaired) electrons. The standard InChI is InChI=1S/C10H13ClN4O/c1-3-9(11)10-6-15(14-12-10)5-8-4-7(2)16-13-8/h4,6,9H,3,5H2,1-2H3. The molecule has 0 fully saturated rings. The summed E-state index contributed by atoms with van der Waals surface area (Å²) in [5, 5.41) is 11.8. The SMILES string of the molecule is CCC(Cl)c1cn(Cc2cc(C)on2)nn1. The van der Waals surface area contributed by atoms with E-state index in [9.17, 15) is 0 Å². The highest BCUT2D eigenvalue weighted by molar-refractivity contribution is 6.20. The van der Waals surface area contributed by atoms with Gasteiger partial charge in [0.25, 0.3) is 0 Å². The number of halogens is 1. The molecule has 16 heavy (non-hydrogen) atoms. The molecule has 0 saturated carbocycles. The van der Waals surface area contributed by atoms with Gasteiger partial charge in [0, 0.05) is 6.07 Å². The Morgan fingerprint density at radius 1 is 1.56 bits per heavy atom. The van der Waals surface area contributed by atoms with E-state index in [0.717, 1.165) is 23.6 Å². The maximum atomic E-state index is 6.06. The van der Waals surface area contributed by atoms with E-state index in [1.54, 1.807) is 4.68 Å². The fourth-order valence-electron chi connectivity index (χ4n) is 1.40. The first kappa shape index (κ1) is 11.1. The van der Waals surface area contributed by atoms with E-state index in [1.807, 2.05) is 26.1 Å². The molecular formula is C10H13ClN4O. The van der Waals surface area contributed by atoms with Crippen LogP contribution in [0.3, 0.4) is 0 Å². The zero-order valence-corrected chi connectivity index (χ0v) is 9.98. The molecule has 5 nitrogen and oxygen atoms in total. The Hall–Kier alpha value is -1.36. The highest BCUT2D eigenvalue weighted by atomic mass is 35.5. The molecule has 1 unspecified atom stereocenters. The van der Waals surface area contributed by atoms with Crippen molar-refractivity contribution in [3.8, 4) is 0 Å². The van der Waals surface area contributed by atoms with Crippen molar-refractivity contribution in [2.75, 3.05) is 0 Å². The van der Waals surface area contributed by atoms with Crippen LogP contribution in [0.15, 0.2) is 16.8 Å². The van der Waals surface area contributed by atoms with Gasteiger partial charge in [-0.2, -0.15) is 0 Å². The van der Waals surface area contributed by atoms with Gasteiger partial charge < -0.3 is 4.52 Å². The lowest BCUT2D eigenvalue weighted by atomic mass is 10.3. The summed E-state index contributed by atoms with van der Waals surface area (Å²) < 4.78 is 6.68. The van der Waals surface area contributed by atoms with E-state index in [-0.39, 0.29) is 5.38 Å². The molecule has 0 N–H and O–H groups in total. The Kier molecular flexibility index (Phi) is 3.24. The summed E-state index contributed by atoms with van der Waals surface area (Å²) in [6.07, 6.45) is 2.68. The largest absolute Gasteiger partial charge is 0.361 e. The first-order chi connectivity index (χ1) is 7.69. The molecule has 2 aromatic heterocycles. The summed E-state index contributed by atoms with van der Waals surface area (Å²) in [4.78, 5) is 0. The minimum Gasteiger partial charge on any atom is -0.361 e. The van der Waals surface area contributed by atoms with Gasteiger partial charge in [0.1, 0.15) is 17.1 Å². The minimum atomic E-state index is -0.0761. The summed E-state index contributed by atoms with van der Waals surface area (Å²) in [6.45, 7) is 4.42. The average molecular weight is 241 g/mol. The van der Waals surface area contributed by atoms with Gasteiger partial charge in [-0.15, -0.1) is 16.7 Å². The average Bonchev–Trinajstić information content (AvgIpc) is 2.87. The van der Waals surface area contributed by atoms with Crippen molar-refractivity contribution in [1.82, 2.24) is 20.2 Å². The summed E-state index contributed by atoms with van der Waals surface area (Å²) in [5.74, 6) is 0.791. The lowest BCUT2D eigenvalue weighted by molar-refractivity contribution is 0.387. The summed E-state index contributed by atoms with van der Waals surface area (Å²) in [5.41, 5.74) is 1.63. The molecule has 0 amide bonds. The molecule has 0 bridgehead atoms. The maximum absolute atomic E-state index is 6.06. The Bertz CT molecular complexity index is 465. The van der Waals surface area contributed by atoms with Gasteiger partial charge in [0.05, 0.1) is 18.1 Å². The molecule has 1 atom stereocenters. The van der Waals surface area contributed by atoms with Crippen LogP contribution in [0.5, 0.6) is 0 Å². The van der Waals surface area contributed by atoms with Crippen LogP contribution in [0.25, 0.3) is 0 Å². The van der Waals surface area contributed by atoms with Crippen LogP contribution >= 0.6 is 11.6 Å². The number of nitrogens with zero attached hydrogens (tertiary/aromatic N) is 4. The van der Waals surface area contributed by atoms with Gasteiger partial charge in [-0.05, 0) is 13.3 Å². The fourth-order valence-corrected chi connectivity index (χ4v) is 1.50. The van der Waals surface area contributed by atoms with E-state index in [4.69, 9.17) is 16.1 Å². The maximum Gasteiger partial charge on any atom is 0.133 e. The normalized spacial score (nSPS) is 12.9. The van der Waals surface area contributed by atoms with Gasteiger partial charge in [0.2, 0.25) is 0 Å². The molecule has 86 valence electrons. The number of alkyl halides is 1. The first-order valence-electron chi connectivity index (χ1n) is 5.15. The number of hydrogen-bond donors (Lipinski definition) is 0. The van der Waals surface area contributed by atoms with Crippen molar-refractivity contribution < 1.29 is 4.52 Å². The Balaban J connectivity index is 2.08. The predicted octanol–water partition coefficient (Wildman–Crippen LogP) is 2.31. The van der Waals surface area contributed by atoms with Gasteiger partial charge in [-0.3, -0.25) is 0 Å². The second kappa shape index (κ2) is 4.65. The Morgan fingerprint density at radius 2 is 2.38 bits per heavy atom. The van der Waals surface area contributed by atoms with Crippen LogP contribution in [-0.2, 0) is 6.54 Å². The quantitative estimate of drug-likeness (QED) is 0.770. The van der Waals surface area contributed by atoms with E-state index < -0.39 is 0 Å². The number of aromatic nitrogens is 4. The minimum absolute atomic E-state index is 0.0761. The second-order valence-electron chi connectivity index (χ2n) is 3.65. The monoisotopic (exact) mass is 240 g/mol. The lowest BCUT2D eigenvalue weighted by Gasteiger charge is -1.98. The third kappa shape index (κ3) is 2.41. The molecular weight excluding hydrogens is 228 g/mol. The van der Waals surface area contributed by atoms with E-state index in [0.29, 0.717) is 6.54 Å². The summed E-state index contributed by atoms with van der Waals surface area (Å²) in [7, 11) is 0. The molecule has 0 aliphatic heterocycles. The molecule has 2 aromatic rings. The summed E-state index contributed by atoms with van der Waals surface area (Å²) >= 11 is 6.06. The Labute approximate surface area is 98.4 Å². The Morgan fingerprint density at radius 3 is 3.00 bits per heavy atom. The van der Waals surface area contributed by atoms with Crippen LogP contribution in [0.2, 0.25) is 0 Å². The van der Waals surface area contributed by atoms with Gasteiger partial charge in [0.15, 0.2) is 0 Å². The van der Waals surface area contributed by atoms with Gasteiger partial charge in [-0.25, -0.2) is 4.68 Å². The third-order valence-electron chi connectivity index (χ3n) is 2.24. The zero-order valence-electron chi connectivity index (χ0n) is 9.22. The first-order valence-corrected chi connectivity index (χ1v) is 5.59. The topological polar surface area (TPSA) is 56.7 Å². The van der Waals surface area contributed by atoms with Crippen LogP contribution in [0.1, 0.15) is 35.9 Å². The van der Waals surface area contributed by atoms with Crippen molar-refractivity contribution in [2.45, 2.75) is 32.2 Å². The second-order valence-corrected chi connectivity index (χ2v) is 4.17.